The van der Waals surface area contributed by atoms with Crippen LogP contribution in [0.5, 0.6) is 11.5 Å². The first-order chi connectivity index (χ1) is 15.7. The first-order valence-corrected chi connectivity index (χ1v) is 10.3. The summed E-state index contributed by atoms with van der Waals surface area (Å²) >= 11 is 0. The highest BCUT2D eigenvalue weighted by atomic mass is 16.5. The Bertz CT molecular complexity index is 1310. The molecule has 9 heteroatoms. The van der Waals surface area contributed by atoms with E-state index in [4.69, 9.17) is 15.2 Å². The van der Waals surface area contributed by atoms with Crippen LogP contribution in [0.3, 0.4) is 0 Å². The van der Waals surface area contributed by atoms with Crippen LogP contribution in [0, 0.1) is 11.3 Å². The van der Waals surface area contributed by atoms with Crippen molar-refractivity contribution in [2.75, 3.05) is 31.2 Å². The maximum absolute atomic E-state index is 9.45. The summed E-state index contributed by atoms with van der Waals surface area (Å²) in [6, 6.07) is 13.2. The maximum Gasteiger partial charge on any atom is 0.168 e. The summed E-state index contributed by atoms with van der Waals surface area (Å²) in [5.74, 6) is 2.00. The topological polar surface area (TPSA) is 115 Å². The van der Waals surface area contributed by atoms with Crippen LogP contribution in [-0.2, 0) is 11.3 Å². The number of anilines is 1. The lowest BCUT2D eigenvalue weighted by Crippen LogP contribution is -2.36. The molecule has 160 valence electrons. The zero-order valence-corrected chi connectivity index (χ0v) is 17.3. The number of benzene rings is 1. The molecule has 4 aromatic rings. The minimum absolute atomic E-state index is 0.376. The summed E-state index contributed by atoms with van der Waals surface area (Å²) in [5.41, 5.74) is 9.63. The standard InChI is InChI=1S/C23H21N7O2/c24-12-16-1-2-19(20-9-17(13-25)14-30-15-27-28-23(20)30)21(10-16)32-18-3-4-26-22(11-18)29-5-7-31-8-6-29/h1-4,9-11,14-15H,5-8,13,25H2. The number of hydrogen-bond donors (Lipinski definition) is 1. The molecule has 0 amide bonds. The largest absolute Gasteiger partial charge is 0.456 e. The molecule has 0 unspecified atom stereocenters. The van der Waals surface area contributed by atoms with E-state index in [-0.39, 0.29) is 0 Å². The smallest absolute Gasteiger partial charge is 0.168 e. The number of fused-ring (bicyclic) bond motifs is 1. The zero-order chi connectivity index (χ0) is 21.9. The van der Waals surface area contributed by atoms with E-state index in [9.17, 15) is 5.26 Å². The van der Waals surface area contributed by atoms with Gasteiger partial charge in [0.15, 0.2) is 5.65 Å². The van der Waals surface area contributed by atoms with Gasteiger partial charge in [0.05, 0.1) is 24.8 Å². The van der Waals surface area contributed by atoms with E-state index in [2.05, 4.69) is 26.2 Å². The lowest BCUT2D eigenvalue weighted by molar-refractivity contribution is 0.122. The van der Waals surface area contributed by atoms with Gasteiger partial charge in [-0.25, -0.2) is 4.98 Å². The van der Waals surface area contributed by atoms with Crippen molar-refractivity contribution in [3.05, 3.63) is 66.2 Å². The van der Waals surface area contributed by atoms with Gasteiger partial charge in [-0.3, -0.25) is 4.40 Å². The Morgan fingerprint density at radius 3 is 2.81 bits per heavy atom. The third-order valence-corrected chi connectivity index (χ3v) is 5.37. The Kier molecular flexibility index (Phi) is 5.37. The lowest BCUT2D eigenvalue weighted by atomic mass is 10.0. The fraction of sp³-hybridized carbons (Fsp3) is 0.217. The van der Waals surface area contributed by atoms with Gasteiger partial charge in [0.2, 0.25) is 0 Å². The van der Waals surface area contributed by atoms with E-state index < -0.39 is 0 Å². The zero-order valence-electron chi connectivity index (χ0n) is 17.3. The fourth-order valence-corrected chi connectivity index (χ4v) is 3.76. The molecule has 1 aliphatic heterocycles. The number of nitrogens with zero attached hydrogens (tertiary/aromatic N) is 6. The molecule has 3 aromatic heterocycles. The molecular formula is C23H21N7O2. The number of aromatic nitrogens is 4. The first kappa shape index (κ1) is 19.9. The second-order valence-corrected chi connectivity index (χ2v) is 7.40. The average Bonchev–Trinajstić information content (AvgIpc) is 3.33. The number of ether oxygens (including phenoxy) is 2. The van der Waals surface area contributed by atoms with Gasteiger partial charge in [-0.05, 0) is 35.9 Å². The monoisotopic (exact) mass is 427 g/mol. The lowest BCUT2D eigenvalue weighted by Gasteiger charge is -2.27. The number of rotatable bonds is 5. The predicted octanol–water partition coefficient (Wildman–Crippen LogP) is 2.75. The first-order valence-electron chi connectivity index (χ1n) is 10.3. The Labute approximate surface area is 184 Å². The highest BCUT2D eigenvalue weighted by Gasteiger charge is 2.17. The van der Waals surface area contributed by atoms with Gasteiger partial charge in [-0.15, -0.1) is 10.2 Å². The van der Waals surface area contributed by atoms with E-state index in [0.29, 0.717) is 42.5 Å². The molecule has 0 atom stereocenters. The van der Waals surface area contributed by atoms with Crippen LogP contribution in [-0.4, -0.2) is 45.9 Å². The van der Waals surface area contributed by atoms with Crippen molar-refractivity contribution in [1.29, 1.82) is 5.26 Å². The number of nitrogens with two attached hydrogens (primary N) is 1. The van der Waals surface area contributed by atoms with Crippen molar-refractivity contribution in [3.8, 4) is 28.7 Å². The van der Waals surface area contributed by atoms with Crippen LogP contribution in [0.4, 0.5) is 5.82 Å². The van der Waals surface area contributed by atoms with Crippen LogP contribution in [0.1, 0.15) is 11.1 Å². The van der Waals surface area contributed by atoms with E-state index in [1.807, 2.05) is 28.8 Å². The highest BCUT2D eigenvalue weighted by Crippen LogP contribution is 2.37. The molecule has 9 nitrogen and oxygen atoms in total. The molecule has 0 aliphatic carbocycles. The van der Waals surface area contributed by atoms with Gasteiger partial charge >= 0.3 is 0 Å². The summed E-state index contributed by atoms with van der Waals surface area (Å²) in [7, 11) is 0. The minimum Gasteiger partial charge on any atom is -0.456 e. The third-order valence-electron chi connectivity index (χ3n) is 5.37. The number of nitriles is 1. The van der Waals surface area contributed by atoms with Crippen molar-refractivity contribution in [1.82, 2.24) is 19.6 Å². The van der Waals surface area contributed by atoms with Gasteiger partial charge in [0.1, 0.15) is 23.6 Å². The van der Waals surface area contributed by atoms with Gasteiger partial charge in [0.25, 0.3) is 0 Å². The van der Waals surface area contributed by atoms with Crippen molar-refractivity contribution in [3.63, 3.8) is 0 Å². The van der Waals surface area contributed by atoms with E-state index in [0.717, 1.165) is 35.6 Å². The Morgan fingerprint density at radius 1 is 1.12 bits per heavy atom. The van der Waals surface area contributed by atoms with Crippen molar-refractivity contribution < 1.29 is 9.47 Å². The van der Waals surface area contributed by atoms with Crippen LogP contribution in [0.2, 0.25) is 0 Å². The van der Waals surface area contributed by atoms with Crippen LogP contribution < -0.4 is 15.4 Å². The third kappa shape index (κ3) is 3.85. The van der Waals surface area contributed by atoms with E-state index in [1.54, 1.807) is 30.7 Å². The summed E-state index contributed by atoms with van der Waals surface area (Å²) in [6.07, 6.45) is 5.26. The van der Waals surface area contributed by atoms with Crippen LogP contribution >= 0.6 is 0 Å². The molecule has 0 bridgehead atoms. The molecule has 1 aromatic carbocycles. The predicted molar refractivity (Wildman–Crippen MR) is 118 cm³/mol. The fourth-order valence-electron chi connectivity index (χ4n) is 3.76. The SMILES string of the molecule is N#Cc1ccc(-c2cc(CN)cn3cnnc23)c(Oc2ccnc(N3CCOCC3)c2)c1. The number of morpholine rings is 1. The average molecular weight is 427 g/mol. The molecule has 4 heterocycles. The number of pyridine rings is 2. The van der Waals surface area contributed by atoms with Crippen LogP contribution in [0.15, 0.2) is 55.1 Å². The second-order valence-electron chi connectivity index (χ2n) is 7.40. The Balaban J connectivity index is 1.57. The summed E-state index contributed by atoms with van der Waals surface area (Å²) < 4.78 is 13.6. The van der Waals surface area contributed by atoms with E-state index >= 15 is 0 Å². The van der Waals surface area contributed by atoms with Crippen LogP contribution in [0.25, 0.3) is 16.8 Å². The summed E-state index contributed by atoms with van der Waals surface area (Å²) in [4.78, 5) is 6.64. The summed E-state index contributed by atoms with van der Waals surface area (Å²) in [5, 5.41) is 17.7. The molecule has 2 N–H and O–H groups in total. The second kappa shape index (κ2) is 8.63. The highest BCUT2D eigenvalue weighted by molar-refractivity contribution is 5.82. The molecule has 5 rings (SSSR count). The van der Waals surface area contributed by atoms with Gasteiger partial charge < -0.3 is 20.1 Å². The Hall–Kier alpha value is -4.00. The molecule has 1 saturated heterocycles. The van der Waals surface area contributed by atoms with Crippen molar-refractivity contribution in [2.45, 2.75) is 6.54 Å². The molecule has 1 fully saturated rings. The van der Waals surface area contributed by atoms with Crippen molar-refractivity contribution in [2.24, 2.45) is 5.73 Å². The van der Waals surface area contributed by atoms with Gasteiger partial charge in [0, 0.05) is 49.2 Å². The molecule has 0 saturated carbocycles. The van der Waals surface area contributed by atoms with Crippen molar-refractivity contribution >= 4 is 11.5 Å². The normalized spacial score (nSPS) is 13.8. The molecule has 0 radical (unpaired) electrons. The minimum atomic E-state index is 0.376. The van der Waals surface area contributed by atoms with Gasteiger partial charge in [-0.2, -0.15) is 5.26 Å². The molecule has 1 aliphatic rings. The van der Waals surface area contributed by atoms with Gasteiger partial charge in [-0.1, -0.05) is 0 Å². The summed E-state index contributed by atoms with van der Waals surface area (Å²) in [6.45, 7) is 3.28. The van der Waals surface area contributed by atoms with E-state index in [1.165, 1.54) is 0 Å². The quantitative estimate of drug-likeness (QED) is 0.517. The molecule has 32 heavy (non-hydrogen) atoms. The Morgan fingerprint density at radius 2 is 2.00 bits per heavy atom. The maximum atomic E-state index is 9.45. The number of hydrogen-bond acceptors (Lipinski definition) is 8. The molecule has 0 spiro atoms. The molecular weight excluding hydrogens is 406 g/mol.